The van der Waals surface area contributed by atoms with Crippen molar-refractivity contribution >= 4 is 11.6 Å². The molecule has 0 aromatic carbocycles. The molecule has 1 N–H and O–H groups in total. The molecule has 0 aliphatic heterocycles. The van der Waals surface area contributed by atoms with Gasteiger partial charge in [-0.25, -0.2) is 0 Å². The third-order valence-electron chi connectivity index (χ3n) is 2.43. The third-order valence-corrected chi connectivity index (χ3v) is 2.73. The molecule has 7 heteroatoms. The first kappa shape index (κ1) is 14.3. The van der Waals surface area contributed by atoms with Crippen molar-refractivity contribution in [3.63, 3.8) is 0 Å². The van der Waals surface area contributed by atoms with Crippen LogP contribution in [0.5, 0.6) is 0 Å². The second-order valence-corrected chi connectivity index (χ2v) is 4.17. The van der Waals surface area contributed by atoms with Gasteiger partial charge in [-0.2, -0.15) is 18.3 Å². The molecule has 0 bridgehead atoms. The van der Waals surface area contributed by atoms with E-state index in [0.29, 0.717) is 17.3 Å². The number of rotatable bonds is 5. The van der Waals surface area contributed by atoms with E-state index in [2.05, 4.69) is 10.4 Å². The predicted molar refractivity (Wildman–Crippen MR) is 59.9 cm³/mol. The van der Waals surface area contributed by atoms with Crippen LogP contribution in [0.2, 0.25) is 5.02 Å². The van der Waals surface area contributed by atoms with Gasteiger partial charge in [-0.3, -0.25) is 4.68 Å². The average molecular weight is 270 g/mol. The highest BCUT2D eigenvalue weighted by molar-refractivity contribution is 6.31. The van der Waals surface area contributed by atoms with Gasteiger partial charge < -0.3 is 5.32 Å². The quantitative estimate of drug-likeness (QED) is 0.890. The van der Waals surface area contributed by atoms with Crippen LogP contribution < -0.4 is 5.32 Å². The van der Waals surface area contributed by atoms with Gasteiger partial charge in [-0.1, -0.05) is 18.5 Å². The van der Waals surface area contributed by atoms with Gasteiger partial charge >= 0.3 is 6.18 Å². The van der Waals surface area contributed by atoms with Crippen LogP contribution in [0.1, 0.15) is 31.5 Å². The first-order valence-corrected chi connectivity index (χ1v) is 5.70. The largest absolute Gasteiger partial charge is 0.389 e. The Kier molecular flexibility index (Phi) is 4.82. The summed E-state index contributed by atoms with van der Waals surface area (Å²) in [5.74, 6) is 0. The van der Waals surface area contributed by atoms with E-state index in [0.717, 1.165) is 0 Å². The van der Waals surface area contributed by atoms with E-state index < -0.39 is 18.6 Å². The van der Waals surface area contributed by atoms with Crippen molar-refractivity contribution < 1.29 is 13.2 Å². The van der Waals surface area contributed by atoms with Crippen LogP contribution in [-0.4, -0.2) is 22.5 Å². The highest BCUT2D eigenvalue weighted by atomic mass is 35.5. The summed E-state index contributed by atoms with van der Waals surface area (Å²) in [5, 5.41) is 7.31. The van der Waals surface area contributed by atoms with Crippen LogP contribution in [-0.2, 0) is 7.05 Å². The molecule has 0 radical (unpaired) electrons. The van der Waals surface area contributed by atoms with Crippen molar-refractivity contribution in [3.05, 3.63) is 16.9 Å². The number of hydrogen-bond acceptors (Lipinski definition) is 2. The topological polar surface area (TPSA) is 29.9 Å². The Labute approximate surface area is 103 Å². The van der Waals surface area contributed by atoms with E-state index in [-0.39, 0.29) is 6.42 Å². The molecule has 0 saturated carbocycles. The third kappa shape index (κ3) is 4.20. The summed E-state index contributed by atoms with van der Waals surface area (Å²) in [5.41, 5.74) is 0.595. The summed E-state index contributed by atoms with van der Waals surface area (Å²) in [4.78, 5) is 0. The monoisotopic (exact) mass is 269 g/mol. The maximum absolute atomic E-state index is 12.2. The molecule has 1 atom stereocenters. The lowest BCUT2D eigenvalue weighted by atomic mass is 10.1. The molecular weight excluding hydrogens is 255 g/mol. The van der Waals surface area contributed by atoms with Gasteiger partial charge in [-0.15, -0.1) is 0 Å². The molecule has 3 nitrogen and oxygen atoms in total. The van der Waals surface area contributed by atoms with Crippen molar-refractivity contribution in [2.75, 3.05) is 6.54 Å². The first-order valence-electron chi connectivity index (χ1n) is 5.32. The lowest BCUT2D eigenvalue weighted by Gasteiger charge is -2.19. The number of halogens is 4. The van der Waals surface area contributed by atoms with Gasteiger partial charge in [-0.05, 0) is 13.0 Å². The fourth-order valence-electron chi connectivity index (χ4n) is 1.70. The van der Waals surface area contributed by atoms with Crippen molar-refractivity contribution in [1.29, 1.82) is 0 Å². The van der Waals surface area contributed by atoms with Gasteiger partial charge in [0.1, 0.15) is 0 Å². The fraction of sp³-hybridized carbons (Fsp3) is 0.700. The van der Waals surface area contributed by atoms with Gasteiger partial charge in [0.25, 0.3) is 0 Å². The number of nitrogens with zero attached hydrogens (tertiary/aromatic N) is 2. The number of aromatic nitrogens is 2. The standard InChI is InChI=1S/C10H15ClF3N3/c1-3-15-8(4-5-10(12,13)14)9-7(11)6-16-17(9)2/h6,8,15H,3-5H2,1-2H3. The minimum atomic E-state index is -4.15. The number of aryl methyl sites for hydroxylation is 1. The average Bonchev–Trinajstić information content (AvgIpc) is 2.53. The van der Waals surface area contributed by atoms with E-state index in [1.165, 1.54) is 10.9 Å². The van der Waals surface area contributed by atoms with E-state index in [9.17, 15) is 13.2 Å². The molecule has 0 saturated heterocycles. The molecule has 1 unspecified atom stereocenters. The lowest BCUT2D eigenvalue weighted by molar-refractivity contribution is -0.136. The fourth-order valence-corrected chi connectivity index (χ4v) is 2.00. The van der Waals surface area contributed by atoms with Gasteiger partial charge in [0.2, 0.25) is 0 Å². The highest BCUT2D eigenvalue weighted by Gasteiger charge is 2.30. The van der Waals surface area contributed by atoms with Crippen molar-refractivity contribution in [2.24, 2.45) is 7.05 Å². The lowest BCUT2D eigenvalue weighted by Crippen LogP contribution is -2.25. The van der Waals surface area contributed by atoms with Crippen LogP contribution >= 0.6 is 11.6 Å². The van der Waals surface area contributed by atoms with Crippen molar-refractivity contribution in [1.82, 2.24) is 15.1 Å². The van der Waals surface area contributed by atoms with Crippen molar-refractivity contribution in [3.8, 4) is 0 Å². The molecule has 1 heterocycles. The highest BCUT2D eigenvalue weighted by Crippen LogP contribution is 2.30. The molecule has 17 heavy (non-hydrogen) atoms. The summed E-state index contributed by atoms with van der Waals surface area (Å²) in [6.07, 6.45) is -3.60. The van der Waals surface area contributed by atoms with Gasteiger partial charge in [0, 0.05) is 13.5 Å². The molecule has 0 amide bonds. The minimum absolute atomic E-state index is 0.0450. The van der Waals surface area contributed by atoms with E-state index in [1.807, 2.05) is 6.92 Å². The Hall–Kier alpha value is -0.750. The molecule has 98 valence electrons. The summed E-state index contributed by atoms with van der Waals surface area (Å²) in [7, 11) is 1.67. The molecule has 0 aliphatic rings. The van der Waals surface area contributed by atoms with Gasteiger partial charge in [0.15, 0.2) is 0 Å². The van der Waals surface area contributed by atoms with E-state index >= 15 is 0 Å². The van der Waals surface area contributed by atoms with E-state index in [1.54, 1.807) is 7.05 Å². The minimum Gasteiger partial charge on any atom is -0.309 e. The van der Waals surface area contributed by atoms with Crippen LogP contribution in [0.15, 0.2) is 6.20 Å². The first-order chi connectivity index (χ1) is 7.85. The maximum atomic E-state index is 12.2. The summed E-state index contributed by atoms with van der Waals surface area (Å²) in [6.45, 7) is 2.41. The summed E-state index contributed by atoms with van der Waals surface area (Å²) >= 11 is 5.92. The molecule has 1 aromatic rings. The summed E-state index contributed by atoms with van der Waals surface area (Å²) < 4.78 is 38.2. The SMILES string of the molecule is CCNC(CCC(F)(F)F)c1c(Cl)cnn1C. The number of nitrogens with one attached hydrogen (secondary N) is 1. The second kappa shape index (κ2) is 5.73. The van der Waals surface area contributed by atoms with Crippen LogP contribution in [0.4, 0.5) is 13.2 Å². The molecule has 1 rings (SSSR count). The zero-order chi connectivity index (χ0) is 13.1. The Bertz CT molecular complexity index is 343. The molecule has 0 fully saturated rings. The normalized spacial score (nSPS) is 14.0. The molecule has 0 aliphatic carbocycles. The maximum Gasteiger partial charge on any atom is 0.389 e. The molecular formula is C10H15ClF3N3. The second-order valence-electron chi connectivity index (χ2n) is 3.77. The predicted octanol–water partition coefficient (Wildman–Crippen LogP) is 3.07. The number of alkyl halides is 3. The van der Waals surface area contributed by atoms with Crippen LogP contribution in [0.25, 0.3) is 0 Å². The smallest absolute Gasteiger partial charge is 0.309 e. The zero-order valence-corrected chi connectivity index (χ0v) is 10.4. The molecule has 0 spiro atoms. The Balaban J connectivity index is 2.79. The Morgan fingerprint density at radius 2 is 2.18 bits per heavy atom. The van der Waals surface area contributed by atoms with Crippen molar-refractivity contribution in [2.45, 2.75) is 32.0 Å². The van der Waals surface area contributed by atoms with Crippen LogP contribution in [0.3, 0.4) is 0 Å². The number of hydrogen-bond donors (Lipinski definition) is 1. The Morgan fingerprint density at radius 3 is 2.59 bits per heavy atom. The van der Waals surface area contributed by atoms with Gasteiger partial charge in [0.05, 0.1) is 23.0 Å². The van der Waals surface area contributed by atoms with Crippen LogP contribution in [0, 0.1) is 0 Å². The van der Waals surface area contributed by atoms with E-state index in [4.69, 9.17) is 11.6 Å². The molecule has 1 aromatic heterocycles. The Morgan fingerprint density at radius 1 is 1.53 bits per heavy atom. The summed E-state index contributed by atoms with van der Waals surface area (Å²) in [6, 6.07) is -0.429. The zero-order valence-electron chi connectivity index (χ0n) is 9.68.